The average molecular weight is 471 g/mol. The molecule has 2 aromatic carbocycles. The Bertz CT molecular complexity index is 1050. The van der Waals surface area contributed by atoms with Crippen molar-refractivity contribution in [1.82, 2.24) is 4.90 Å². The van der Waals surface area contributed by atoms with Crippen molar-refractivity contribution in [3.63, 3.8) is 0 Å². The van der Waals surface area contributed by atoms with Crippen LogP contribution >= 0.6 is 0 Å². The van der Waals surface area contributed by atoms with E-state index in [9.17, 15) is 26.4 Å². The van der Waals surface area contributed by atoms with Gasteiger partial charge in [-0.25, -0.2) is 8.42 Å². The van der Waals surface area contributed by atoms with Crippen LogP contribution in [0.25, 0.3) is 0 Å². The summed E-state index contributed by atoms with van der Waals surface area (Å²) >= 11 is 0. The van der Waals surface area contributed by atoms with Gasteiger partial charge in [-0.15, -0.1) is 13.2 Å². The predicted octanol–water partition coefficient (Wildman–Crippen LogP) is 3.86. The van der Waals surface area contributed by atoms with E-state index in [1.807, 2.05) is 0 Å². The zero-order valence-corrected chi connectivity index (χ0v) is 18.3. The molecule has 1 aliphatic heterocycles. The lowest BCUT2D eigenvalue weighted by Crippen LogP contribution is -2.42. The highest BCUT2D eigenvalue weighted by Gasteiger charge is 2.31. The summed E-state index contributed by atoms with van der Waals surface area (Å²) in [4.78, 5) is 14.7. The largest absolute Gasteiger partial charge is 0.573 e. The minimum absolute atomic E-state index is 0.0374. The Morgan fingerprint density at radius 1 is 1.06 bits per heavy atom. The minimum Gasteiger partial charge on any atom is -0.490 e. The highest BCUT2D eigenvalue weighted by Crippen LogP contribution is 2.28. The first-order valence-corrected chi connectivity index (χ1v) is 12.1. The minimum atomic E-state index is -4.78. The molecular formula is C22H24F3NO5S. The highest BCUT2D eigenvalue weighted by molar-refractivity contribution is 7.90. The van der Waals surface area contributed by atoms with Gasteiger partial charge in [-0.05, 0) is 30.2 Å². The van der Waals surface area contributed by atoms with Crippen molar-refractivity contribution in [3.8, 4) is 11.5 Å². The normalized spacial score (nSPS) is 15.4. The molecule has 0 atom stereocenters. The number of piperidine rings is 1. The summed E-state index contributed by atoms with van der Waals surface area (Å²) < 4.78 is 69.9. The van der Waals surface area contributed by atoms with E-state index in [0.717, 1.165) is 6.26 Å². The second-order valence-electron chi connectivity index (χ2n) is 7.67. The number of sulfone groups is 1. The fourth-order valence-electron chi connectivity index (χ4n) is 3.53. The molecule has 0 spiro atoms. The van der Waals surface area contributed by atoms with Gasteiger partial charge in [0.1, 0.15) is 27.4 Å². The second-order valence-corrected chi connectivity index (χ2v) is 9.93. The molecule has 0 saturated carbocycles. The van der Waals surface area contributed by atoms with E-state index in [1.165, 1.54) is 18.2 Å². The monoisotopic (exact) mass is 471 g/mol. The number of carbonyl (C=O) groups excluding carboxylic acids is 1. The number of halogens is 3. The molecule has 0 radical (unpaired) electrons. The predicted molar refractivity (Wildman–Crippen MR) is 113 cm³/mol. The van der Waals surface area contributed by atoms with E-state index < -0.39 is 16.2 Å². The number of ether oxygens (including phenoxy) is 2. The molecule has 2 aromatic rings. The first-order chi connectivity index (χ1) is 15.0. The topological polar surface area (TPSA) is 72.9 Å². The van der Waals surface area contributed by atoms with E-state index in [-0.39, 0.29) is 35.7 Å². The lowest BCUT2D eigenvalue weighted by molar-refractivity contribution is -0.274. The molecule has 32 heavy (non-hydrogen) atoms. The summed E-state index contributed by atoms with van der Waals surface area (Å²) in [5.41, 5.74) is 1.16. The van der Waals surface area contributed by atoms with Gasteiger partial charge < -0.3 is 14.4 Å². The molecule has 1 saturated heterocycles. The Hall–Kier alpha value is -2.75. The fraction of sp³-hybridized carbons (Fsp3) is 0.409. The summed E-state index contributed by atoms with van der Waals surface area (Å²) in [6.45, 7) is 0.839. The van der Waals surface area contributed by atoms with Crippen LogP contribution in [0, 0.1) is 0 Å². The van der Waals surface area contributed by atoms with Gasteiger partial charge in [0.15, 0.2) is 0 Å². The second kappa shape index (κ2) is 9.81. The summed E-state index contributed by atoms with van der Waals surface area (Å²) in [6, 6.07) is 12.3. The maximum Gasteiger partial charge on any atom is 0.573 e. The first-order valence-electron chi connectivity index (χ1n) is 10.1. The molecule has 1 aliphatic rings. The maximum atomic E-state index is 13.0. The van der Waals surface area contributed by atoms with E-state index in [0.29, 0.717) is 37.1 Å². The Labute approximate surface area is 184 Å². The standard InChI is InChI=1S/C22H24F3NO5S/c1-32(28,29)14-11-16-5-2-3-8-20(16)21(27)26-12-9-17(10-13-26)30-18-6-4-7-19(15-18)31-22(23,24)25/h2-8,15,17H,9-14H2,1H3. The van der Waals surface area contributed by atoms with Gasteiger partial charge in [0.25, 0.3) is 5.91 Å². The van der Waals surface area contributed by atoms with Crippen molar-refractivity contribution in [1.29, 1.82) is 0 Å². The van der Waals surface area contributed by atoms with Crippen molar-refractivity contribution in [3.05, 3.63) is 59.7 Å². The number of likely N-dealkylation sites (tertiary alicyclic amines) is 1. The van der Waals surface area contributed by atoms with Crippen molar-refractivity contribution in [2.75, 3.05) is 25.1 Å². The van der Waals surface area contributed by atoms with Crippen LogP contribution in [0.15, 0.2) is 48.5 Å². The van der Waals surface area contributed by atoms with Crippen LogP contribution in [-0.2, 0) is 16.3 Å². The zero-order valence-electron chi connectivity index (χ0n) is 17.5. The van der Waals surface area contributed by atoms with Gasteiger partial charge in [0.05, 0.1) is 5.75 Å². The van der Waals surface area contributed by atoms with Gasteiger partial charge in [0.2, 0.25) is 0 Å². The van der Waals surface area contributed by atoms with Gasteiger partial charge >= 0.3 is 6.36 Å². The molecule has 0 aliphatic carbocycles. The van der Waals surface area contributed by atoms with Crippen molar-refractivity contribution in [2.45, 2.75) is 31.7 Å². The van der Waals surface area contributed by atoms with E-state index >= 15 is 0 Å². The Kier molecular flexibility index (Phi) is 7.33. The third kappa shape index (κ3) is 7.15. The third-order valence-corrected chi connectivity index (χ3v) is 6.01. The van der Waals surface area contributed by atoms with Gasteiger partial charge in [0, 0.05) is 43.8 Å². The number of hydrogen-bond acceptors (Lipinski definition) is 5. The lowest BCUT2D eigenvalue weighted by atomic mass is 10.0. The summed E-state index contributed by atoms with van der Waals surface area (Å²) in [5, 5.41) is 0. The first kappa shape index (κ1) is 23.9. The number of carbonyl (C=O) groups is 1. The molecule has 0 bridgehead atoms. The molecule has 1 fully saturated rings. The number of aryl methyl sites for hydroxylation is 1. The van der Waals surface area contributed by atoms with Crippen molar-refractivity contribution in [2.24, 2.45) is 0 Å². The molecule has 6 nitrogen and oxygen atoms in total. The zero-order chi connectivity index (χ0) is 23.4. The number of alkyl halides is 3. The Balaban J connectivity index is 1.58. The summed E-state index contributed by atoms with van der Waals surface area (Å²) in [5.74, 6) is -0.297. The van der Waals surface area contributed by atoms with E-state index in [1.54, 1.807) is 35.2 Å². The van der Waals surface area contributed by atoms with Crippen molar-refractivity contribution < 1.29 is 35.9 Å². The van der Waals surface area contributed by atoms with Gasteiger partial charge in [-0.3, -0.25) is 4.79 Å². The van der Waals surface area contributed by atoms with E-state index in [2.05, 4.69) is 4.74 Å². The molecule has 1 heterocycles. The SMILES string of the molecule is CS(=O)(=O)CCc1ccccc1C(=O)N1CCC(Oc2cccc(OC(F)(F)F)c2)CC1. The maximum absolute atomic E-state index is 13.0. The van der Waals surface area contributed by atoms with Crippen LogP contribution in [-0.4, -0.2) is 56.8 Å². The van der Waals surface area contributed by atoms with Crippen LogP contribution < -0.4 is 9.47 Å². The molecule has 0 N–H and O–H groups in total. The van der Waals surface area contributed by atoms with Crippen LogP contribution in [0.1, 0.15) is 28.8 Å². The van der Waals surface area contributed by atoms with Crippen molar-refractivity contribution >= 4 is 15.7 Å². The number of amides is 1. The smallest absolute Gasteiger partial charge is 0.490 e. The Morgan fingerprint density at radius 2 is 1.72 bits per heavy atom. The molecule has 10 heteroatoms. The quantitative estimate of drug-likeness (QED) is 0.613. The van der Waals surface area contributed by atoms with Gasteiger partial charge in [-0.2, -0.15) is 0 Å². The number of nitrogens with zero attached hydrogens (tertiary/aromatic N) is 1. The third-order valence-electron chi connectivity index (χ3n) is 5.06. The molecular weight excluding hydrogens is 447 g/mol. The molecule has 3 rings (SSSR count). The summed E-state index contributed by atoms with van der Waals surface area (Å²) in [7, 11) is -3.15. The van der Waals surface area contributed by atoms with Crippen LogP contribution in [0.4, 0.5) is 13.2 Å². The highest BCUT2D eigenvalue weighted by atomic mass is 32.2. The number of benzene rings is 2. The van der Waals surface area contributed by atoms with E-state index in [4.69, 9.17) is 4.74 Å². The number of hydrogen-bond donors (Lipinski definition) is 0. The fourth-order valence-corrected chi connectivity index (χ4v) is 4.12. The Morgan fingerprint density at radius 3 is 2.38 bits per heavy atom. The number of rotatable bonds is 7. The summed E-state index contributed by atoms with van der Waals surface area (Å²) in [6.07, 6.45) is -2.57. The van der Waals surface area contributed by atoms with Crippen LogP contribution in [0.5, 0.6) is 11.5 Å². The van der Waals surface area contributed by atoms with Crippen LogP contribution in [0.2, 0.25) is 0 Å². The average Bonchev–Trinajstić information content (AvgIpc) is 2.71. The van der Waals surface area contributed by atoms with Gasteiger partial charge in [-0.1, -0.05) is 24.3 Å². The van der Waals surface area contributed by atoms with Crippen LogP contribution in [0.3, 0.4) is 0 Å². The molecule has 0 unspecified atom stereocenters. The molecule has 174 valence electrons. The molecule has 1 amide bonds. The molecule has 0 aromatic heterocycles. The lowest BCUT2D eigenvalue weighted by Gasteiger charge is -2.32.